The molecule has 1 aromatic rings. The lowest BCUT2D eigenvalue weighted by Gasteiger charge is -2.34. The van der Waals surface area contributed by atoms with Gasteiger partial charge >= 0.3 is 0 Å². The van der Waals surface area contributed by atoms with Gasteiger partial charge in [-0.1, -0.05) is 38.1 Å². The van der Waals surface area contributed by atoms with Crippen molar-refractivity contribution in [2.75, 3.05) is 32.7 Å². The quantitative estimate of drug-likeness (QED) is 0.869. The summed E-state index contributed by atoms with van der Waals surface area (Å²) in [4.78, 5) is 15.6. The van der Waals surface area contributed by atoms with E-state index in [1.807, 2.05) is 0 Å². The summed E-state index contributed by atoms with van der Waals surface area (Å²) in [6.07, 6.45) is 0.469. The van der Waals surface area contributed by atoms with E-state index in [-0.39, 0.29) is 5.91 Å². The Morgan fingerprint density at radius 3 is 2.19 bits per heavy atom. The molecule has 0 radical (unpaired) electrons. The van der Waals surface area contributed by atoms with Gasteiger partial charge in [-0.25, -0.2) is 0 Å². The molecule has 0 spiro atoms. The number of hydrogen-bond acceptors (Lipinski definition) is 3. The van der Waals surface area contributed by atoms with E-state index in [1.54, 1.807) is 0 Å². The molecule has 0 bridgehead atoms. The van der Waals surface area contributed by atoms with Gasteiger partial charge < -0.3 is 10.6 Å². The molecule has 0 unspecified atom stereocenters. The molecular formula is C17H27N3O. The highest BCUT2D eigenvalue weighted by Crippen LogP contribution is 2.16. The minimum Gasteiger partial charge on any atom is -0.370 e. The smallest absolute Gasteiger partial charge is 0.218 e. The summed E-state index contributed by atoms with van der Waals surface area (Å²) in [5.74, 6) is 0.385. The van der Waals surface area contributed by atoms with Crippen molar-refractivity contribution < 1.29 is 4.79 Å². The predicted molar refractivity (Wildman–Crippen MR) is 86.1 cm³/mol. The number of nitrogens with zero attached hydrogens (tertiary/aromatic N) is 2. The number of amides is 1. The molecular weight excluding hydrogens is 262 g/mol. The summed E-state index contributed by atoms with van der Waals surface area (Å²) in [7, 11) is 0. The number of piperazine rings is 1. The van der Waals surface area contributed by atoms with Crippen LogP contribution < -0.4 is 5.73 Å². The molecule has 1 amide bonds. The fraction of sp³-hybridized carbons (Fsp3) is 0.588. The third kappa shape index (κ3) is 5.14. The number of hydrogen-bond donors (Lipinski definition) is 1. The van der Waals surface area contributed by atoms with Gasteiger partial charge in [-0.15, -0.1) is 0 Å². The van der Waals surface area contributed by atoms with Crippen LogP contribution in [0.1, 0.15) is 37.3 Å². The summed E-state index contributed by atoms with van der Waals surface area (Å²) in [6, 6.07) is 8.97. The van der Waals surface area contributed by atoms with E-state index < -0.39 is 0 Å². The third-order valence-corrected chi connectivity index (χ3v) is 4.19. The summed E-state index contributed by atoms with van der Waals surface area (Å²) >= 11 is 0. The van der Waals surface area contributed by atoms with Crippen LogP contribution in [-0.2, 0) is 11.3 Å². The van der Waals surface area contributed by atoms with Gasteiger partial charge in [0, 0.05) is 45.7 Å². The predicted octanol–water partition coefficient (Wildman–Crippen LogP) is 1.80. The molecule has 21 heavy (non-hydrogen) atoms. The zero-order chi connectivity index (χ0) is 15.2. The van der Waals surface area contributed by atoms with Gasteiger partial charge in [0.15, 0.2) is 0 Å². The molecule has 1 aliphatic rings. The number of carbonyl (C=O) groups is 1. The number of carbonyl (C=O) groups excluding carboxylic acids is 1. The Kier molecular flexibility index (Phi) is 5.76. The fourth-order valence-electron chi connectivity index (χ4n) is 2.71. The van der Waals surface area contributed by atoms with Crippen molar-refractivity contribution in [3.05, 3.63) is 35.4 Å². The summed E-state index contributed by atoms with van der Waals surface area (Å²) in [5, 5.41) is 0. The zero-order valence-electron chi connectivity index (χ0n) is 13.2. The first-order chi connectivity index (χ1) is 10.0. The van der Waals surface area contributed by atoms with Crippen LogP contribution in [0.2, 0.25) is 0 Å². The lowest BCUT2D eigenvalue weighted by Crippen LogP contribution is -2.46. The molecule has 1 fully saturated rings. The maximum Gasteiger partial charge on any atom is 0.218 e. The topological polar surface area (TPSA) is 49.6 Å². The number of nitrogens with two attached hydrogens (primary N) is 1. The Bertz CT molecular complexity index is 448. The van der Waals surface area contributed by atoms with Crippen LogP contribution in [0, 0.1) is 0 Å². The van der Waals surface area contributed by atoms with Crippen LogP contribution >= 0.6 is 0 Å². The van der Waals surface area contributed by atoms with Crippen LogP contribution in [0.25, 0.3) is 0 Å². The molecule has 1 heterocycles. The van der Waals surface area contributed by atoms with Gasteiger partial charge in [0.05, 0.1) is 0 Å². The molecule has 1 aromatic carbocycles. The van der Waals surface area contributed by atoms with Gasteiger partial charge in [0.2, 0.25) is 5.91 Å². The third-order valence-electron chi connectivity index (χ3n) is 4.19. The second-order valence-electron chi connectivity index (χ2n) is 6.23. The second-order valence-corrected chi connectivity index (χ2v) is 6.23. The number of primary amides is 1. The molecule has 0 aromatic heterocycles. The van der Waals surface area contributed by atoms with Gasteiger partial charge in [-0.2, -0.15) is 0 Å². The van der Waals surface area contributed by atoms with Crippen molar-refractivity contribution in [1.29, 1.82) is 0 Å². The molecule has 4 heteroatoms. The van der Waals surface area contributed by atoms with Crippen LogP contribution in [-0.4, -0.2) is 48.4 Å². The van der Waals surface area contributed by atoms with E-state index in [0.717, 1.165) is 39.3 Å². The van der Waals surface area contributed by atoms with Crippen molar-refractivity contribution in [2.45, 2.75) is 32.7 Å². The Morgan fingerprint density at radius 1 is 1.10 bits per heavy atom. The average molecular weight is 289 g/mol. The molecule has 1 aliphatic heterocycles. The van der Waals surface area contributed by atoms with Crippen LogP contribution in [0.15, 0.2) is 24.3 Å². The zero-order valence-corrected chi connectivity index (χ0v) is 13.2. The average Bonchev–Trinajstić information content (AvgIpc) is 2.47. The molecule has 1 saturated heterocycles. The van der Waals surface area contributed by atoms with E-state index in [0.29, 0.717) is 12.3 Å². The summed E-state index contributed by atoms with van der Waals surface area (Å²) in [6.45, 7) is 10.4. The van der Waals surface area contributed by atoms with Gasteiger partial charge in [0.1, 0.15) is 0 Å². The largest absolute Gasteiger partial charge is 0.370 e. The van der Waals surface area contributed by atoms with E-state index >= 15 is 0 Å². The molecule has 4 nitrogen and oxygen atoms in total. The van der Waals surface area contributed by atoms with Crippen molar-refractivity contribution >= 4 is 5.91 Å². The van der Waals surface area contributed by atoms with E-state index in [9.17, 15) is 4.79 Å². The fourth-order valence-corrected chi connectivity index (χ4v) is 2.71. The SMILES string of the molecule is CC(C)c1ccc(CN2CCN(CCC(N)=O)CC2)cc1. The first-order valence-corrected chi connectivity index (χ1v) is 7.86. The van der Waals surface area contributed by atoms with Crippen LogP contribution in [0.3, 0.4) is 0 Å². The molecule has 0 saturated carbocycles. The minimum absolute atomic E-state index is 0.206. The lowest BCUT2D eigenvalue weighted by atomic mass is 10.0. The van der Waals surface area contributed by atoms with Crippen molar-refractivity contribution in [3.8, 4) is 0 Å². The number of rotatable bonds is 6. The highest BCUT2D eigenvalue weighted by atomic mass is 16.1. The normalized spacial score (nSPS) is 17.3. The molecule has 0 atom stereocenters. The highest BCUT2D eigenvalue weighted by molar-refractivity contribution is 5.73. The summed E-state index contributed by atoms with van der Waals surface area (Å²) in [5.41, 5.74) is 7.97. The van der Waals surface area contributed by atoms with Gasteiger partial charge in [-0.3, -0.25) is 9.69 Å². The maximum atomic E-state index is 10.8. The first-order valence-electron chi connectivity index (χ1n) is 7.86. The van der Waals surface area contributed by atoms with E-state index in [4.69, 9.17) is 5.73 Å². The molecule has 0 aliphatic carbocycles. The molecule has 116 valence electrons. The second kappa shape index (κ2) is 7.57. The monoisotopic (exact) mass is 289 g/mol. The Labute approximate surface area is 127 Å². The van der Waals surface area contributed by atoms with E-state index in [2.05, 4.69) is 47.9 Å². The van der Waals surface area contributed by atoms with Crippen LogP contribution in [0.4, 0.5) is 0 Å². The molecule has 2 rings (SSSR count). The van der Waals surface area contributed by atoms with E-state index in [1.165, 1.54) is 11.1 Å². The Balaban J connectivity index is 1.76. The standard InChI is InChI=1S/C17H27N3O/c1-14(2)16-5-3-15(4-6-16)13-20-11-9-19(10-12-20)8-7-17(18)21/h3-6,14H,7-13H2,1-2H3,(H2,18,21). The van der Waals surface area contributed by atoms with Gasteiger partial charge in [-0.05, 0) is 17.0 Å². The number of benzene rings is 1. The van der Waals surface area contributed by atoms with Crippen molar-refractivity contribution in [3.63, 3.8) is 0 Å². The highest BCUT2D eigenvalue weighted by Gasteiger charge is 2.17. The minimum atomic E-state index is -0.206. The first kappa shape index (κ1) is 16.0. The van der Waals surface area contributed by atoms with Crippen molar-refractivity contribution in [2.24, 2.45) is 5.73 Å². The van der Waals surface area contributed by atoms with Crippen LogP contribution in [0.5, 0.6) is 0 Å². The summed E-state index contributed by atoms with van der Waals surface area (Å²) < 4.78 is 0. The Morgan fingerprint density at radius 2 is 1.67 bits per heavy atom. The van der Waals surface area contributed by atoms with Gasteiger partial charge in [0.25, 0.3) is 0 Å². The van der Waals surface area contributed by atoms with Crippen molar-refractivity contribution in [1.82, 2.24) is 9.80 Å². The molecule has 2 N–H and O–H groups in total. The Hall–Kier alpha value is -1.39. The lowest BCUT2D eigenvalue weighted by molar-refractivity contribution is -0.118. The maximum absolute atomic E-state index is 10.8.